The Labute approximate surface area is 60.8 Å². The van der Waals surface area contributed by atoms with Gasteiger partial charge in [0.1, 0.15) is 6.10 Å². The van der Waals surface area contributed by atoms with Crippen LogP contribution in [-0.2, 0) is 0 Å². The lowest BCUT2D eigenvalue weighted by Crippen LogP contribution is -2.54. The molecule has 1 saturated heterocycles. The molecule has 0 saturated carbocycles. The summed E-state index contributed by atoms with van der Waals surface area (Å²) in [6.45, 7) is -0.867. The topological polar surface area (TPSA) is 52.5 Å². The van der Waals surface area contributed by atoms with E-state index < -0.39 is 24.4 Å². The highest BCUT2D eigenvalue weighted by Crippen LogP contribution is 2.34. The van der Waals surface area contributed by atoms with E-state index >= 15 is 0 Å². The second-order valence-electron chi connectivity index (χ2n) is 2.57. The van der Waals surface area contributed by atoms with Crippen molar-refractivity contribution in [1.29, 1.82) is 0 Å². The first-order valence-electron chi connectivity index (χ1n) is 3.06. The third-order valence-electron chi connectivity index (χ3n) is 1.77. The minimum absolute atomic E-state index is 0.226. The van der Waals surface area contributed by atoms with Crippen molar-refractivity contribution >= 4 is 0 Å². The van der Waals surface area contributed by atoms with Gasteiger partial charge in [-0.3, -0.25) is 0 Å². The van der Waals surface area contributed by atoms with Crippen molar-refractivity contribution in [1.82, 2.24) is 5.32 Å². The Morgan fingerprint density at radius 2 is 2.00 bits per heavy atom. The maximum atomic E-state index is 11.9. The molecule has 0 amide bonds. The van der Waals surface area contributed by atoms with E-state index in [2.05, 4.69) is 5.32 Å². The van der Waals surface area contributed by atoms with Crippen molar-refractivity contribution < 1.29 is 23.4 Å². The molecular formula is C5H8F3NO2. The number of β-amino-alcohol motifs (C(OH)–C–C–N with tert-alkyl or cyclic N) is 2. The fourth-order valence-electron chi connectivity index (χ4n) is 0.975. The number of alkyl halides is 3. The summed E-state index contributed by atoms with van der Waals surface area (Å²) in [5, 5.41) is 19.9. The highest BCUT2D eigenvalue weighted by molar-refractivity contribution is 5.01. The largest absolute Gasteiger partial charge is 0.421 e. The van der Waals surface area contributed by atoms with Crippen LogP contribution >= 0.6 is 0 Å². The number of hydrogen-bond acceptors (Lipinski definition) is 3. The molecule has 2 atom stereocenters. The maximum Gasteiger partial charge on any atom is 0.421 e. The van der Waals surface area contributed by atoms with Crippen LogP contribution < -0.4 is 5.32 Å². The van der Waals surface area contributed by atoms with E-state index in [9.17, 15) is 13.2 Å². The zero-order chi connectivity index (χ0) is 8.70. The van der Waals surface area contributed by atoms with E-state index in [1.165, 1.54) is 0 Å². The Kier molecular flexibility index (Phi) is 1.85. The van der Waals surface area contributed by atoms with Gasteiger partial charge in [-0.05, 0) is 0 Å². The molecule has 6 heteroatoms. The van der Waals surface area contributed by atoms with Gasteiger partial charge >= 0.3 is 6.18 Å². The molecule has 0 bridgehead atoms. The number of aliphatic hydroxyl groups excluding tert-OH is 1. The third-order valence-corrected chi connectivity index (χ3v) is 1.77. The fourth-order valence-corrected chi connectivity index (χ4v) is 0.975. The molecular weight excluding hydrogens is 163 g/mol. The normalized spacial score (nSPS) is 39.5. The van der Waals surface area contributed by atoms with Crippen LogP contribution in [0.15, 0.2) is 0 Å². The van der Waals surface area contributed by atoms with Gasteiger partial charge in [0.15, 0.2) is 5.60 Å². The molecule has 0 aromatic rings. The molecule has 2 unspecified atom stereocenters. The lowest BCUT2D eigenvalue weighted by Gasteiger charge is -2.27. The summed E-state index contributed by atoms with van der Waals surface area (Å²) in [5.41, 5.74) is -2.97. The van der Waals surface area contributed by atoms with E-state index in [0.717, 1.165) is 0 Å². The van der Waals surface area contributed by atoms with Crippen molar-refractivity contribution in [3.63, 3.8) is 0 Å². The number of aliphatic hydroxyl groups is 2. The van der Waals surface area contributed by atoms with Gasteiger partial charge in [-0.15, -0.1) is 0 Å². The molecule has 1 rings (SSSR count). The lowest BCUT2D eigenvalue weighted by molar-refractivity contribution is -0.275. The summed E-state index contributed by atoms with van der Waals surface area (Å²) < 4.78 is 35.8. The van der Waals surface area contributed by atoms with Crippen LogP contribution in [0.2, 0.25) is 0 Å². The molecule has 3 N–H and O–H groups in total. The van der Waals surface area contributed by atoms with Crippen molar-refractivity contribution in [2.45, 2.75) is 17.9 Å². The average Bonchev–Trinajstić information content (AvgIpc) is 2.12. The van der Waals surface area contributed by atoms with Crippen LogP contribution in [0, 0.1) is 0 Å². The van der Waals surface area contributed by atoms with Crippen LogP contribution in [0.5, 0.6) is 0 Å². The van der Waals surface area contributed by atoms with Crippen molar-refractivity contribution in [3.8, 4) is 0 Å². The second kappa shape index (κ2) is 2.33. The third kappa shape index (κ3) is 1.21. The predicted octanol–water partition coefficient (Wildman–Crippen LogP) is -0.756. The van der Waals surface area contributed by atoms with Crippen molar-refractivity contribution in [2.24, 2.45) is 0 Å². The first kappa shape index (κ1) is 8.76. The zero-order valence-corrected chi connectivity index (χ0v) is 5.52. The van der Waals surface area contributed by atoms with Crippen LogP contribution in [0.1, 0.15) is 0 Å². The average molecular weight is 171 g/mol. The van der Waals surface area contributed by atoms with Gasteiger partial charge in [0.25, 0.3) is 0 Å². The second-order valence-corrected chi connectivity index (χ2v) is 2.57. The molecule has 0 radical (unpaired) electrons. The Bertz CT molecular complexity index is 160. The van der Waals surface area contributed by atoms with Gasteiger partial charge in [0.05, 0.1) is 0 Å². The molecule has 1 heterocycles. The molecule has 66 valence electrons. The van der Waals surface area contributed by atoms with E-state index in [1.54, 1.807) is 0 Å². The van der Waals surface area contributed by atoms with Crippen LogP contribution in [0.3, 0.4) is 0 Å². The molecule has 0 spiro atoms. The lowest BCUT2D eigenvalue weighted by atomic mass is 10.0. The van der Waals surface area contributed by atoms with Gasteiger partial charge in [-0.1, -0.05) is 0 Å². The van der Waals surface area contributed by atoms with Gasteiger partial charge in [0.2, 0.25) is 0 Å². The number of halogens is 3. The summed E-state index contributed by atoms with van der Waals surface area (Å²) in [5.74, 6) is 0. The Hall–Kier alpha value is -0.330. The standard InChI is InChI=1S/C5H8F3NO2/c6-5(7,8)4(11)2-9-1-3(4)10/h3,9-11H,1-2H2. The summed E-state index contributed by atoms with van der Waals surface area (Å²) in [6, 6.07) is 0. The Balaban J connectivity index is 2.81. The van der Waals surface area contributed by atoms with Gasteiger partial charge in [0, 0.05) is 13.1 Å². The SMILES string of the molecule is OC1CNCC1(O)C(F)(F)F. The molecule has 0 aromatic heterocycles. The quantitative estimate of drug-likeness (QED) is 0.449. The number of hydrogen-bond donors (Lipinski definition) is 3. The smallest absolute Gasteiger partial charge is 0.388 e. The van der Waals surface area contributed by atoms with E-state index in [1.807, 2.05) is 0 Å². The van der Waals surface area contributed by atoms with Gasteiger partial charge in [-0.2, -0.15) is 13.2 Å². The minimum atomic E-state index is -4.77. The fraction of sp³-hybridized carbons (Fsp3) is 1.00. The molecule has 0 aromatic carbocycles. The summed E-state index contributed by atoms with van der Waals surface area (Å²) >= 11 is 0. The molecule has 1 fully saturated rings. The van der Waals surface area contributed by atoms with Crippen molar-refractivity contribution in [2.75, 3.05) is 13.1 Å². The monoisotopic (exact) mass is 171 g/mol. The molecule has 1 aliphatic heterocycles. The number of rotatable bonds is 0. The summed E-state index contributed by atoms with van der Waals surface area (Å²) in [7, 11) is 0. The van der Waals surface area contributed by atoms with Crippen molar-refractivity contribution in [3.05, 3.63) is 0 Å². The summed E-state index contributed by atoms with van der Waals surface area (Å²) in [4.78, 5) is 0. The van der Waals surface area contributed by atoms with E-state index in [-0.39, 0.29) is 6.54 Å². The molecule has 11 heavy (non-hydrogen) atoms. The predicted molar refractivity (Wildman–Crippen MR) is 29.9 cm³/mol. The summed E-state index contributed by atoms with van der Waals surface area (Å²) in [6.07, 6.45) is -6.53. The molecule has 1 aliphatic rings. The highest BCUT2D eigenvalue weighted by atomic mass is 19.4. The van der Waals surface area contributed by atoms with Crippen LogP contribution in [0.25, 0.3) is 0 Å². The molecule has 0 aliphatic carbocycles. The van der Waals surface area contributed by atoms with Crippen LogP contribution in [-0.4, -0.2) is 41.2 Å². The van der Waals surface area contributed by atoms with Crippen LogP contribution in [0.4, 0.5) is 13.2 Å². The van der Waals surface area contributed by atoms with E-state index in [4.69, 9.17) is 10.2 Å². The van der Waals surface area contributed by atoms with E-state index in [0.29, 0.717) is 0 Å². The minimum Gasteiger partial charge on any atom is -0.388 e. The first-order chi connectivity index (χ1) is 4.88. The molecule has 3 nitrogen and oxygen atoms in total. The Morgan fingerprint density at radius 3 is 2.18 bits per heavy atom. The number of nitrogens with one attached hydrogen (secondary N) is 1. The Morgan fingerprint density at radius 1 is 1.45 bits per heavy atom. The van der Waals surface area contributed by atoms with Gasteiger partial charge < -0.3 is 15.5 Å². The van der Waals surface area contributed by atoms with Gasteiger partial charge in [-0.25, -0.2) is 0 Å². The highest BCUT2D eigenvalue weighted by Gasteiger charge is 2.60. The first-order valence-corrected chi connectivity index (χ1v) is 3.06. The maximum absolute atomic E-state index is 11.9. The zero-order valence-electron chi connectivity index (χ0n) is 5.52.